The largest absolute Gasteiger partial charge is 0.481 e. The van der Waals surface area contributed by atoms with Crippen LogP contribution < -0.4 is 5.73 Å². The third-order valence-corrected chi connectivity index (χ3v) is 3.37. The third-order valence-electron chi connectivity index (χ3n) is 2.38. The summed E-state index contributed by atoms with van der Waals surface area (Å²) in [5, 5.41) is 8.52. The molecule has 0 saturated carbocycles. The summed E-state index contributed by atoms with van der Waals surface area (Å²) in [6, 6.07) is 2.08. The van der Waals surface area contributed by atoms with E-state index in [1.54, 1.807) is 11.3 Å². The highest BCUT2D eigenvalue weighted by atomic mass is 32.1. The van der Waals surface area contributed by atoms with Gasteiger partial charge in [0.25, 0.3) is 0 Å². The first-order chi connectivity index (χ1) is 7.00. The molecular weight excluding hydrogens is 210 g/mol. The van der Waals surface area contributed by atoms with Gasteiger partial charge in [-0.1, -0.05) is 0 Å². The lowest BCUT2D eigenvalue weighted by Gasteiger charge is -2.10. The van der Waals surface area contributed by atoms with E-state index < -0.39 is 5.97 Å². The van der Waals surface area contributed by atoms with E-state index in [2.05, 4.69) is 19.9 Å². The van der Waals surface area contributed by atoms with E-state index in [0.29, 0.717) is 6.42 Å². The number of carbonyl (C=O) groups is 1. The van der Waals surface area contributed by atoms with Crippen molar-refractivity contribution in [2.75, 3.05) is 0 Å². The van der Waals surface area contributed by atoms with Crippen molar-refractivity contribution in [1.82, 2.24) is 0 Å². The minimum atomic E-state index is -0.750. The first-order valence-electron chi connectivity index (χ1n) is 5.05. The second-order valence-corrected chi connectivity index (χ2v) is 5.22. The lowest BCUT2D eigenvalue weighted by molar-refractivity contribution is -0.137. The van der Waals surface area contributed by atoms with Crippen molar-refractivity contribution >= 4 is 17.3 Å². The van der Waals surface area contributed by atoms with Gasteiger partial charge in [-0.3, -0.25) is 4.79 Å². The van der Waals surface area contributed by atoms with E-state index in [1.165, 1.54) is 15.3 Å². The maximum atomic E-state index is 10.3. The predicted molar refractivity (Wildman–Crippen MR) is 62.2 cm³/mol. The normalized spacial score (nSPS) is 12.7. The summed E-state index contributed by atoms with van der Waals surface area (Å²) >= 11 is 1.74. The Hall–Kier alpha value is -0.870. The quantitative estimate of drug-likeness (QED) is 0.812. The smallest absolute Gasteiger partial charge is 0.303 e. The molecule has 0 aliphatic rings. The molecule has 1 rings (SSSR count). The Bertz CT molecular complexity index is 346. The van der Waals surface area contributed by atoms with Crippen molar-refractivity contribution in [2.24, 2.45) is 5.73 Å². The van der Waals surface area contributed by atoms with Gasteiger partial charge in [-0.05, 0) is 38.3 Å². The summed E-state index contributed by atoms with van der Waals surface area (Å²) in [6.07, 6.45) is 1.59. The van der Waals surface area contributed by atoms with Gasteiger partial charge < -0.3 is 10.8 Å². The average molecular weight is 227 g/mol. The number of aliphatic carboxylic acids is 1. The van der Waals surface area contributed by atoms with Crippen LogP contribution in [0.25, 0.3) is 0 Å². The fraction of sp³-hybridized carbons (Fsp3) is 0.545. The van der Waals surface area contributed by atoms with Crippen LogP contribution in [0, 0.1) is 13.8 Å². The van der Waals surface area contributed by atoms with E-state index >= 15 is 0 Å². The van der Waals surface area contributed by atoms with E-state index in [9.17, 15) is 4.79 Å². The summed E-state index contributed by atoms with van der Waals surface area (Å²) < 4.78 is 0. The second-order valence-electron chi connectivity index (χ2n) is 3.76. The van der Waals surface area contributed by atoms with E-state index in [4.69, 9.17) is 10.8 Å². The lowest BCUT2D eigenvalue weighted by atomic mass is 10.0. The third kappa shape index (κ3) is 3.64. The second kappa shape index (κ2) is 5.28. The van der Waals surface area contributed by atoms with Crippen LogP contribution in [0.2, 0.25) is 0 Å². The fourth-order valence-corrected chi connectivity index (χ4v) is 2.64. The average Bonchev–Trinajstić information content (AvgIpc) is 2.44. The summed E-state index contributed by atoms with van der Waals surface area (Å²) in [5.74, 6) is -0.750. The maximum Gasteiger partial charge on any atom is 0.303 e. The maximum absolute atomic E-state index is 10.3. The molecule has 3 N–H and O–H groups in total. The standard InChI is InChI=1S/C11H17NO2S/c1-7-6-9(8(2)15-7)10(12)4-3-5-11(13)14/h6,10H,3-5,12H2,1-2H3,(H,13,14). The first-order valence-corrected chi connectivity index (χ1v) is 5.86. The summed E-state index contributed by atoms with van der Waals surface area (Å²) in [6.45, 7) is 4.12. The van der Waals surface area contributed by atoms with Gasteiger partial charge in [-0.25, -0.2) is 0 Å². The Labute approximate surface area is 93.9 Å². The molecule has 0 aliphatic heterocycles. The van der Waals surface area contributed by atoms with E-state index in [-0.39, 0.29) is 12.5 Å². The Morgan fingerprint density at radius 1 is 1.60 bits per heavy atom. The van der Waals surface area contributed by atoms with Crippen LogP contribution in [-0.2, 0) is 4.79 Å². The van der Waals surface area contributed by atoms with Crippen molar-refractivity contribution in [3.05, 3.63) is 21.4 Å². The van der Waals surface area contributed by atoms with Crippen LogP contribution in [-0.4, -0.2) is 11.1 Å². The minimum absolute atomic E-state index is 0.0192. The van der Waals surface area contributed by atoms with Gasteiger partial charge in [0.2, 0.25) is 0 Å². The van der Waals surface area contributed by atoms with Crippen LogP contribution in [0.3, 0.4) is 0 Å². The number of aryl methyl sites for hydroxylation is 2. The lowest BCUT2D eigenvalue weighted by Crippen LogP contribution is -2.11. The molecule has 1 aromatic rings. The van der Waals surface area contributed by atoms with Crippen LogP contribution >= 0.6 is 11.3 Å². The van der Waals surface area contributed by atoms with Crippen LogP contribution in [0.4, 0.5) is 0 Å². The molecule has 0 spiro atoms. The zero-order chi connectivity index (χ0) is 11.4. The molecule has 0 radical (unpaired) electrons. The molecule has 1 atom stereocenters. The van der Waals surface area contributed by atoms with E-state index in [1.807, 2.05) is 0 Å². The Morgan fingerprint density at radius 2 is 2.27 bits per heavy atom. The highest BCUT2D eigenvalue weighted by molar-refractivity contribution is 7.12. The molecule has 0 fully saturated rings. The van der Waals surface area contributed by atoms with Gasteiger partial charge in [0, 0.05) is 22.2 Å². The van der Waals surface area contributed by atoms with E-state index in [0.717, 1.165) is 6.42 Å². The molecule has 84 valence electrons. The van der Waals surface area contributed by atoms with Gasteiger partial charge in [-0.15, -0.1) is 11.3 Å². The molecule has 1 heterocycles. The Kier molecular flexibility index (Phi) is 4.29. The van der Waals surface area contributed by atoms with Gasteiger partial charge >= 0.3 is 5.97 Å². The zero-order valence-electron chi connectivity index (χ0n) is 9.12. The Morgan fingerprint density at radius 3 is 2.73 bits per heavy atom. The number of rotatable bonds is 5. The van der Waals surface area contributed by atoms with Crippen molar-refractivity contribution in [3.8, 4) is 0 Å². The number of carboxylic acid groups (broad SMARTS) is 1. The summed E-state index contributed by atoms with van der Waals surface area (Å²) in [7, 11) is 0. The molecule has 0 aliphatic carbocycles. The molecule has 0 bridgehead atoms. The number of nitrogens with two attached hydrogens (primary N) is 1. The molecule has 4 heteroatoms. The number of thiophene rings is 1. The predicted octanol–water partition coefficient (Wildman–Crippen LogP) is 2.62. The number of hydrogen-bond acceptors (Lipinski definition) is 3. The Balaban J connectivity index is 2.50. The molecule has 15 heavy (non-hydrogen) atoms. The van der Waals surface area contributed by atoms with Crippen molar-refractivity contribution < 1.29 is 9.90 Å². The van der Waals surface area contributed by atoms with Crippen molar-refractivity contribution in [1.29, 1.82) is 0 Å². The monoisotopic (exact) mass is 227 g/mol. The van der Waals surface area contributed by atoms with Crippen LogP contribution in [0.5, 0.6) is 0 Å². The van der Waals surface area contributed by atoms with Crippen molar-refractivity contribution in [2.45, 2.75) is 39.2 Å². The number of carboxylic acids is 1. The zero-order valence-corrected chi connectivity index (χ0v) is 9.93. The van der Waals surface area contributed by atoms with Gasteiger partial charge in [-0.2, -0.15) is 0 Å². The molecule has 3 nitrogen and oxygen atoms in total. The van der Waals surface area contributed by atoms with Gasteiger partial charge in [0.05, 0.1) is 0 Å². The van der Waals surface area contributed by atoms with Crippen molar-refractivity contribution in [3.63, 3.8) is 0 Å². The first kappa shape index (κ1) is 12.2. The number of hydrogen-bond donors (Lipinski definition) is 2. The molecule has 1 aromatic heterocycles. The summed E-state index contributed by atoms with van der Waals surface area (Å²) in [4.78, 5) is 12.9. The van der Waals surface area contributed by atoms with Gasteiger partial charge in [0.15, 0.2) is 0 Å². The summed E-state index contributed by atoms with van der Waals surface area (Å²) in [5.41, 5.74) is 7.18. The molecule has 0 aromatic carbocycles. The van der Waals surface area contributed by atoms with Crippen LogP contribution in [0.15, 0.2) is 6.07 Å². The highest BCUT2D eigenvalue weighted by Gasteiger charge is 2.11. The minimum Gasteiger partial charge on any atom is -0.481 e. The SMILES string of the molecule is Cc1cc(C(N)CCCC(=O)O)c(C)s1. The molecule has 1 unspecified atom stereocenters. The molecule has 0 amide bonds. The van der Waals surface area contributed by atoms with Gasteiger partial charge in [0.1, 0.15) is 0 Å². The fourth-order valence-electron chi connectivity index (χ4n) is 1.65. The molecule has 0 saturated heterocycles. The van der Waals surface area contributed by atoms with Crippen LogP contribution in [0.1, 0.15) is 40.6 Å². The topological polar surface area (TPSA) is 63.3 Å². The highest BCUT2D eigenvalue weighted by Crippen LogP contribution is 2.27. The molecular formula is C11H17NO2S.